The number of benzene rings is 2. The van der Waals surface area contributed by atoms with Crippen molar-refractivity contribution >= 4 is 31.3 Å². The van der Waals surface area contributed by atoms with E-state index in [4.69, 9.17) is 0 Å². The quantitative estimate of drug-likeness (QED) is 0.345. The number of rotatable bonds is 2. The molecule has 2 aromatic carbocycles. The zero-order valence-electron chi connectivity index (χ0n) is 18.3. The first-order valence-electron chi connectivity index (χ1n) is 10.1. The minimum atomic E-state index is -2.04. The Kier molecular flexibility index (Phi) is 7.76. The van der Waals surface area contributed by atoms with Crippen LogP contribution in [-0.4, -0.2) is 3.21 Å². The van der Waals surface area contributed by atoms with Crippen LogP contribution in [0.1, 0.15) is 59.1 Å². The number of hydrogen-bond acceptors (Lipinski definition) is 0. The summed E-state index contributed by atoms with van der Waals surface area (Å²) in [5.41, 5.74) is 9.52. The van der Waals surface area contributed by atoms with E-state index in [1.165, 1.54) is 23.1 Å². The third-order valence-corrected chi connectivity index (χ3v) is 13.9. The van der Waals surface area contributed by atoms with Gasteiger partial charge in [-0.3, -0.25) is 0 Å². The zero-order valence-corrected chi connectivity index (χ0v) is 22.4. The van der Waals surface area contributed by atoms with Crippen LogP contribution in [0.3, 0.4) is 0 Å². The Labute approximate surface area is 196 Å². The standard InChI is InChI=1S/C13H9.C10H15.C3H6.2ClH.Zr/c1-3-7-12-10(5-1)9-11-6-2-4-8-13(11)12;1-8-5-6-9(7-8)10(2,3)4;1-3-2;;;/h1-5,7-8H,9H2;7H,6H2,1-4H3;1-2H3;2*1H;. The van der Waals surface area contributed by atoms with Gasteiger partial charge in [-0.1, -0.05) is 0 Å². The smallest absolute Gasteiger partial charge is 0.147 e. The SMILES string of the molecule is CC1=[C]([Zr](=[C](C)C)[c]2cccc3c2Cc2ccccc2-3)CC(C(C)(C)C)=C1.Cl.Cl. The molecule has 0 unspecified atom stereocenters. The average molecular weight is 507 g/mol. The maximum Gasteiger partial charge on any atom is -0.147 e. The second kappa shape index (κ2) is 9.17. The largest absolute Gasteiger partial charge is 0.147 e. The first kappa shape index (κ1) is 24.5. The Hall–Kier alpha value is -0.747. The molecular formula is C26H32Cl2Zr. The fourth-order valence-corrected chi connectivity index (χ4v) is 12.2. The molecule has 0 aliphatic heterocycles. The van der Waals surface area contributed by atoms with Crippen molar-refractivity contribution in [3.8, 4) is 11.1 Å². The minimum Gasteiger partial charge on any atom is -0.147 e. The van der Waals surface area contributed by atoms with Crippen molar-refractivity contribution in [3.63, 3.8) is 0 Å². The van der Waals surface area contributed by atoms with Gasteiger partial charge >= 0.3 is 173 Å². The molecule has 0 amide bonds. The molecule has 0 spiro atoms. The van der Waals surface area contributed by atoms with Gasteiger partial charge in [0.25, 0.3) is 0 Å². The summed E-state index contributed by atoms with van der Waals surface area (Å²) in [5, 5.41) is 0. The predicted octanol–water partition coefficient (Wildman–Crippen LogP) is 7.21. The first-order chi connectivity index (χ1) is 12.8. The van der Waals surface area contributed by atoms with E-state index in [9.17, 15) is 0 Å². The molecule has 2 aliphatic carbocycles. The van der Waals surface area contributed by atoms with E-state index >= 15 is 0 Å². The van der Waals surface area contributed by atoms with Gasteiger partial charge in [0.2, 0.25) is 0 Å². The van der Waals surface area contributed by atoms with Gasteiger partial charge in [-0.15, -0.1) is 24.8 Å². The number of allylic oxidation sites excluding steroid dienone is 4. The molecule has 0 heterocycles. The summed E-state index contributed by atoms with van der Waals surface area (Å²) < 4.78 is 5.20. The van der Waals surface area contributed by atoms with Crippen molar-refractivity contribution in [1.82, 2.24) is 0 Å². The molecule has 0 nitrogen and oxygen atoms in total. The summed E-state index contributed by atoms with van der Waals surface area (Å²) in [5.74, 6) is 0. The molecular weight excluding hydrogens is 474 g/mol. The van der Waals surface area contributed by atoms with Gasteiger partial charge in [-0.2, -0.15) is 0 Å². The Balaban J connectivity index is 0.00000150. The first-order valence-corrected chi connectivity index (χ1v) is 13.7. The van der Waals surface area contributed by atoms with E-state index in [1.807, 2.05) is 0 Å². The Bertz CT molecular complexity index is 1030. The second-order valence-corrected chi connectivity index (χ2v) is 16.4. The van der Waals surface area contributed by atoms with Crippen LogP contribution in [0.4, 0.5) is 0 Å². The summed E-state index contributed by atoms with van der Waals surface area (Å²) in [4.78, 5) is 0. The van der Waals surface area contributed by atoms with Crippen molar-refractivity contribution in [2.45, 2.75) is 54.4 Å². The van der Waals surface area contributed by atoms with Crippen molar-refractivity contribution in [2.24, 2.45) is 5.41 Å². The van der Waals surface area contributed by atoms with E-state index in [-0.39, 0.29) is 30.2 Å². The van der Waals surface area contributed by atoms with Crippen LogP contribution < -0.4 is 3.27 Å². The van der Waals surface area contributed by atoms with E-state index in [1.54, 1.807) is 26.5 Å². The molecule has 0 saturated heterocycles. The molecule has 154 valence electrons. The summed E-state index contributed by atoms with van der Waals surface area (Å²) in [7, 11) is 0. The summed E-state index contributed by atoms with van der Waals surface area (Å²) in [6, 6.07) is 16.1. The number of halogens is 2. The molecule has 0 aromatic heterocycles. The molecule has 0 fully saturated rings. The summed E-state index contributed by atoms with van der Waals surface area (Å²) in [6.45, 7) is 14.2. The molecule has 4 rings (SSSR count). The molecule has 2 aliphatic rings. The van der Waals surface area contributed by atoms with E-state index in [0.717, 1.165) is 6.42 Å². The molecule has 2 aromatic rings. The van der Waals surface area contributed by atoms with Crippen LogP contribution in [0.2, 0.25) is 0 Å². The maximum atomic E-state index is 2.50. The van der Waals surface area contributed by atoms with Gasteiger partial charge in [0.15, 0.2) is 0 Å². The number of hydrogen-bond donors (Lipinski definition) is 0. The fourth-order valence-electron chi connectivity index (χ4n) is 4.62. The third kappa shape index (κ3) is 4.48. The minimum absolute atomic E-state index is 0. The zero-order chi connectivity index (χ0) is 19.3. The molecule has 0 radical (unpaired) electrons. The summed E-state index contributed by atoms with van der Waals surface area (Å²) >= 11 is -2.04. The van der Waals surface area contributed by atoms with E-state index in [2.05, 4.69) is 90.1 Å². The van der Waals surface area contributed by atoms with Crippen LogP contribution in [0, 0.1) is 5.41 Å². The summed E-state index contributed by atoms with van der Waals surface area (Å²) in [6.07, 6.45) is 4.81. The fraction of sp³-hybridized carbons (Fsp3) is 0.346. The van der Waals surface area contributed by atoms with Crippen LogP contribution >= 0.6 is 24.8 Å². The topological polar surface area (TPSA) is 0 Å². The van der Waals surface area contributed by atoms with Gasteiger partial charge in [-0.05, 0) is 0 Å². The Morgan fingerprint density at radius 1 is 0.862 bits per heavy atom. The van der Waals surface area contributed by atoms with E-state index < -0.39 is 21.3 Å². The molecule has 0 saturated carbocycles. The number of fused-ring (bicyclic) bond motifs is 3. The molecule has 3 heteroatoms. The van der Waals surface area contributed by atoms with Gasteiger partial charge in [0.05, 0.1) is 0 Å². The van der Waals surface area contributed by atoms with Gasteiger partial charge in [-0.25, -0.2) is 0 Å². The van der Waals surface area contributed by atoms with Crippen molar-refractivity contribution in [2.75, 3.05) is 0 Å². The maximum absolute atomic E-state index is 2.50. The van der Waals surface area contributed by atoms with E-state index in [0.29, 0.717) is 0 Å². The Morgan fingerprint density at radius 2 is 1.52 bits per heavy atom. The van der Waals surface area contributed by atoms with Crippen LogP contribution in [0.5, 0.6) is 0 Å². The normalized spacial score (nSPS) is 14.5. The van der Waals surface area contributed by atoms with Crippen LogP contribution in [-0.2, 0) is 27.7 Å². The monoisotopic (exact) mass is 504 g/mol. The Morgan fingerprint density at radius 3 is 2.14 bits per heavy atom. The van der Waals surface area contributed by atoms with Crippen LogP contribution in [0.15, 0.2) is 63.0 Å². The van der Waals surface area contributed by atoms with Crippen molar-refractivity contribution in [3.05, 3.63) is 74.1 Å². The van der Waals surface area contributed by atoms with Crippen molar-refractivity contribution in [1.29, 1.82) is 0 Å². The predicted molar refractivity (Wildman–Crippen MR) is 130 cm³/mol. The molecule has 29 heavy (non-hydrogen) atoms. The second-order valence-electron chi connectivity index (χ2n) is 9.30. The van der Waals surface area contributed by atoms with Gasteiger partial charge < -0.3 is 0 Å². The van der Waals surface area contributed by atoms with Gasteiger partial charge in [0.1, 0.15) is 0 Å². The molecule has 0 atom stereocenters. The molecule has 0 N–H and O–H groups in total. The van der Waals surface area contributed by atoms with Crippen LogP contribution in [0.25, 0.3) is 11.1 Å². The van der Waals surface area contributed by atoms with Crippen molar-refractivity contribution < 1.29 is 21.3 Å². The molecule has 0 bridgehead atoms. The van der Waals surface area contributed by atoms with Gasteiger partial charge in [0, 0.05) is 0 Å². The third-order valence-electron chi connectivity index (χ3n) is 6.12. The average Bonchev–Trinajstić information content (AvgIpc) is 3.16.